The lowest BCUT2D eigenvalue weighted by atomic mass is 9.60. The summed E-state index contributed by atoms with van der Waals surface area (Å²) in [5, 5.41) is 8.77. The smallest absolute Gasteiger partial charge is 0.164 e. The maximum Gasteiger partial charge on any atom is 0.164 e. The third-order valence-corrected chi connectivity index (χ3v) is 12.1. The van der Waals surface area contributed by atoms with Gasteiger partial charge in [0.05, 0.1) is 11.2 Å². The first kappa shape index (κ1) is 37.7. The van der Waals surface area contributed by atoms with Gasteiger partial charge in [0.2, 0.25) is 0 Å². The van der Waals surface area contributed by atoms with E-state index >= 15 is 0 Å². The zero-order chi connectivity index (χ0) is 42.4. The fraction of sp³-hybridized carbons (Fsp3) is 0.0192. The molecular weight excluding hydrogens is 751 g/mol. The molecule has 0 spiro atoms. The van der Waals surface area contributed by atoms with E-state index in [9.17, 15) is 0 Å². The van der Waals surface area contributed by atoms with E-state index in [2.05, 4.69) is 96.9 Å². The molecule has 0 atom stereocenters. The van der Waals surface area contributed by atoms with Crippen LogP contribution in [0.25, 0.3) is 118 Å². The number of para-hydroxylation sites is 1. The highest BCUT2D eigenvalue weighted by molar-refractivity contribution is 6.68. The number of fused-ring (bicyclic) bond motifs is 5. The standard InChI is InChI=1S/C52H29B5N4O/c1-3-30-32-18-11-12-19-33(32)41-31(23-24-37-43(41)42(30)36(4-2)61(37)29-16-9-6-10-17-29)28-22-25-38-35(26-28)40-34(20-13-21-39(40)62-38)51-58-50(27-14-7-5-8-15-27)59-52(60-51)44-45(53)47(55)49(57)48(56)46(44)54/h3-26H,2H2,1H3/b30-3-. The van der Waals surface area contributed by atoms with Crippen molar-refractivity contribution in [2.75, 3.05) is 0 Å². The molecule has 3 aromatic heterocycles. The van der Waals surface area contributed by atoms with Gasteiger partial charge in [-0.15, -0.1) is 16.4 Å². The average Bonchev–Trinajstić information content (AvgIpc) is 3.87. The molecule has 278 valence electrons. The van der Waals surface area contributed by atoms with E-state index in [1.807, 2.05) is 66.7 Å². The molecule has 0 aliphatic heterocycles. The van der Waals surface area contributed by atoms with E-state index in [4.69, 9.17) is 58.6 Å². The molecule has 0 saturated carbocycles. The van der Waals surface area contributed by atoms with Gasteiger partial charge in [0.25, 0.3) is 0 Å². The predicted molar refractivity (Wildman–Crippen MR) is 263 cm³/mol. The van der Waals surface area contributed by atoms with Crippen molar-refractivity contribution >= 4 is 133 Å². The lowest BCUT2D eigenvalue weighted by molar-refractivity contribution is 0.669. The van der Waals surface area contributed by atoms with Gasteiger partial charge in [0.1, 0.15) is 50.4 Å². The van der Waals surface area contributed by atoms with Crippen molar-refractivity contribution in [3.63, 3.8) is 0 Å². The molecule has 0 fully saturated rings. The van der Waals surface area contributed by atoms with E-state index in [0.717, 1.165) is 60.9 Å². The fourth-order valence-corrected chi connectivity index (χ4v) is 9.21. The molecule has 0 aliphatic rings. The van der Waals surface area contributed by atoms with Gasteiger partial charge in [-0.3, -0.25) is 0 Å². The minimum absolute atomic E-state index is 0.108. The third kappa shape index (κ3) is 5.52. The van der Waals surface area contributed by atoms with Crippen LogP contribution in [0.15, 0.2) is 144 Å². The quantitative estimate of drug-likeness (QED) is 0.138. The van der Waals surface area contributed by atoms with Crippen LogP contribution in [0, 0.1) is 0 Å². The first-order chi connectivity index (χ1) is 30.3. The highest BCUT2D eigenvalue weighted by Gasteiger charge is 2.24. The molecule has 0 aliphatic carbocycles. The largest absolute Gasteiger partial charge is 0.456 e. The molecule has 11 aromatic rings. The fourth-order valence-electron chi connectivity index (χ4n) is 9.21. The second-order valence-corrected chi connectivity index (χ2v) is 15.4. The van der Waals surface area contributed by atoms with Crippen LogP contribution < -0.4 is 32.5 Å². The van der Waals surface area contributed by atoms with Crippen LogP contribution in [0.4, 0.5) is 0 Å². The van der Waals surface area contributed by atoms with Crippen molar-refractivity contribution in [1.29, 1.82) is 0 Å². The molecule has 0 N–H and O–H groups in total. The second-order valence-electron chi connectivity index (χ2n) is 15.4. The average molecular weight is 780 g/mol. The van der Waals surface area contributed by atoms with E-state index < -0.39 is 0 Å². The van der Waals surface area contributed by atoms with Crippen LogP contribution in [0.2, 0.25) is 0 Å². The number of benzene rings is 8. The Balaban J connectivity index is 1.19. The molecule has 0 bridgehead atoms. The van der Waals surface area contributed by atoms with E-state index in [1.54, 1.807) is 0 Å². The molecular formula is C52H29B5N4O. The maximum absolute atomic E-state index is 6.58. The van der Waals surface area contributed by atoms with Gasteiger partial charge in [-0.1, -0.05) is 121 Å². The molecule has 11 rings (SSSR count). The Bertz CT molecular complexity index is 3700. The summed E-state index contributed by atoms with van der Waals surface area (Å²) in [5.74, 6) is 0.998. The summed E-state index contributed by atoms with van der Waals surface area (Å²) in [6.45, 7) is 6.44. The zero-order valence-electron chi connectivity index (χ0n) is 33.6. The molecule has 62 heavy (non-hydrogen) atoms. The maximum atomic E-state index is 6.58. The molecule has 0 amide bonds. The molecule has 5 nitrogen and oxygen atoms in total. The van der Waals surface area contributed by atoms with E-state index in [0.29, 0.717) is 17.2 Å². The Kier molecular flexibility index (Phi) is 8.76. The lowest BCUT2D eigenvalue weighted by Crippen LogP contribution is -2.55. The normalized spacial score (nSPS) is 12.1. The van der Waals surface area contributed by atoms with Gasteiger partial charge in [-0.2, -0.15) is 0 Å². The van der Waals surface area contributed by atoms with Crippen molar-refractivity contribution in [2.24, 2.45) is 0 Å². The third-order valence-electron chi connectivity index (χ3n) is 12.1. The zero-order valence-corrected chi connectivity index (χ0v) is 33.6. The SMILES string of the molecule is [B]c1c([B])c([B])c(-c2nc(-c3ccccc3)nc(-c3cccc4oc5ccc(-c6ccc7c8c(c(C=C)n7-c7ccccc7)/c(=C\C)c7ccccc7c68)cc5c34)n2)c([B])c1[B]. The first-order valence-electron chi connectivity index (χ1n) is 20.2. The molecule has 10 heteroatoms. The van der Waals surface area contributed by atoms with Gasteiger partial charge < -0.3 is 8.98 Å². The molecule has 10 radical (unpaired) electrons. The number of aromatic nitrogens is 4. The minimum Gasteiger partial charge on any atom is -0.456 e. The molecule has 0 unspecified atom stereocenters. The number of rotatable bonds is 6. The monoisotopic (exact) mass is 780 g/mol. The Labute approximate surface area is 364 Å². The summed E-state index contributed by atoms with van der Waals surface area (Å²) in [6.07, 6.45) is 4.19. The van der Waals surface area contributed by atoms with Crippen molar-refractivity contribution in [1.82, 2.24) is 19.5 Å². The second kappa shape index (κ2) is 14.4. The molecule has 8 aromatic carbocycles. The number of hydrogen-bond donors (Lipinski definition) is 0. The van der Waals surface area contributed by atoms with Crippen molar-refractivity contribution < 1.29 is 4.42 Å². The van der Waals surface area contributed by atoms with Gasteiger partial charge in [0.15, 0.2) is 17.5 Å². The Morgan fingerprint density at radius 2 is 1.18 bits per heavy atom. The predicted octanol–water partition coefficient (Wildman–Crippen LogP) is 6.82. The Hall–Kier alpha value is -7.31. The van der Waals surface area contributed by atoms with Crippen LogP contribution in [-0.2, 0) is 0 Å². The van der Waals surface area contributed by atoms with E-state index in [1.165, 1.54) is 26.8 Å². The Morgan fingerprint density at radius 1 is 0.516 bits per heavy atom. The van der Waals surface area contributed by atoms with Gasteiger partial charge >= 0.3 is 0 Å². The highest BCUT2D eigenvalue weighted by atomic mass is 16.3. The Morgan fingerprint density at radius 3 is 1.90 bits per heavy atom. The summed E-state index contributed by atoms with van der Waals surface area (Å²) in [5.41, 5.74) is 9.11. The molecule has 3 heterocycles. The van der Waals surface area contributed by atoms with Crippen molar-refractivity contribution in [3.05, 3.63) is 151 Å². The van der Waals surface area contributed by atoms with Crippen LogP contribution in [0.1, 0.15) is 12.6 Å². The van der Waals surface area contributed by atoms with Gasteiger partial charge in [-0.25, -0.2) is 15.0 Å². The highest BCUT2D eigenvalue weighted by Crippen LogP contribution is 2.44. The summed E-state index contributed by atoms with van der Waals surface area (Å²) in [4.78, 5) is 14.9. The lowest BCUT2D eigenvalue weighted by Gasteiger charge is -2.20. The number of furan rings is 1. The summed E-state index contributed by atoms with van der Waals surface area (Å²) in [7, 11) is 32.0. The van der Waals surface area contributed by atoms with Crippen LogP contribution in [0.5, 0.6) is 0 Å². The minimum atomic E-state index is 0.108. The van der Waals surface area contributed by atoms with E-state index in [-0.39, 0.29) is 38.7 Å². The first-order valence-corrected chi connectivity index (χ1v) is 20.2. The summed E-state index contributed by atoms with van der Waals surface area (Å²) in [6, 6.07) is 45.5. The number of hydrogen-bond acceptors (Lipinski definition) is 4. The van der Waals surface area contributed by atoms with Crippen molar-refractivity contribution in [2.45, 2.75) is 6.92 Å². The van der Waals surface area contributed by atoms with Crippen molar-refractivity contribution in [3.8, 4) is 51.0 Å². The number of nitrogens with zero attached hydrogens (tertiary/aromatic N) is 4. The summed E-state index contributed by atoms with van der Waals surface area (Å²) >= 11 is 0. The molecule has 0 saturated heterocycles. The van der Waals surface area contributed by atoms with Crippen LogP contribution in [-0.4, -0.2) is 58.8 Å². The van der Waals surface area contributed by atoms with Crippen LogP contribution in [0.3, 0.4) is 0 Å². The van der Waals surface area contributed by atoms with Gasteiger partial charge in [-0.05, 0) is 76.5 Å². The van der Waals surface area contributed by atoms with Crippen LogP contribution >= 0.6 is 0 Å². The topological polar surface area (TPSA) is 56.7 Å². The van der Waals surface area contributed by atoms with Gasteiger partial charge in [0, 0.05) is 49.3 Å². The summed E-state index contributed by atoms with van der Waals surface area (Å²) < 4.78 is 8.88.